The Morgan fingerprint density at radius 3 is 1.62 bits per heavy atom. The molecule has 0 spiro atoms. The quantitative estimate of drug-likeness (QED) is 0.104. The van der Waals surface area contributed by atoms with Crippen LogP contribution in [0.15, 0.2) is 12.2 Å². The molecule has 3 unspecified atom stereocenters. The molecule has 0 aliphatic carbocycles. The number of carbonyl (C=O) groups excluding carboxylic acids is 2. The van der Waals surface area contributed by atoms with Crippen molar-refractivity contribution in [3.05, 3.63) is 12.2 Å². The van der Waals surface area contributed by atoms with E-state index in [0.717, 1.165) is 19.3 Å². The van der Waals surface area contributed by atoms with Crippen LogP contribution in [0.25, 0.3) is 0 Å². The van der Waals surface area contributed by atoms with Crippen molar-refractivity contribution < 1.29 is 34.7 Å². The smallest absolute Gasteiger partial charge is 0.381 e. The summed E-state index contributed by atoms with van der Waals surface area (Å²) in [5, 5.41) is 28.9. The fraction of sp³-hybridized carbons (Fsp3) is 0.840. The normalized spacial score (nSPS) is 13.9. The molecule has 0 bridgehead atoms. The molecule has 0 aromatic rings. The van der Waals surface area contributed by atoms with Gasteiger partial charge in [0.1, 0.15) is 6.10 Å². The molecule has 0 aromatic heterocycles. The molecular formula is C25H46O7. The second-order valence-corrected chi connectivity index (χ2v) is 8.79. The predicted molar refractivity (Wildman–Crippen MR) is 125 cm³/mol. The molecule has 0 aromatic carbocycles. The van der Waals surface area contributed by atoms with Gasteiger partial charge in [0, 0.05) is 5.57 Å². The topological polar surface area (TPSA) is 113 Å². The Bertz CT molecular complexity index is 507. The molecule has 0 saturated heterocycles. The van der Waals surface area contributed by atoms with Crippen LogP contribution in [0.4, 0.5) is 0 Å². The molecule has 188 valence electrons. The van der Waals surface area contributed by atoms with E-state index in [-0.39, 0.29) is 12.0 Å². The summed E-state index contributed by atoms with van der Waals surface area (Å²) in [4.78, 5) is 32.5. The van der Waals surface area contributed by atoms with Crippen LogP contribution in [0, 0.1) is 5.92 Å². The molecule has 7 heteroatoms. The first kappa shape index (κ1) is 30.6. The minimum absolute atomic E-state index is 0.0669. The zero-order chi connectivity index (χ0) is 24.2. The number of hydrogen-bond donors (Lipinski definition) is 3. The van der Waals surface area contributed by atoms with Gasteiger partial charge in [0.25, 0.3) is 0 Å². The van der Waals surface area contributed by atoms with Crippen molar-refractivity contribution in [3.8, 4) is 0 Å². The van der Waals surface area contributed by atoms with Gasteiger partial charge in [0.15, 0.2) is 0 Å². The molecule has 0 amide bonds. The highest BCUT2D eigenvalue weighted by Gasteiger charge is 2.34. The van der Waals surface area contributed by atoms with Gasteiger partial charge in [-0.1, -0.05) is 103 Å². The monoisotopic (exact) mass is 458 g/mol. The lowest BCUT2D eigenvalue weighted by atomic mass is 9.92. The maximum Gasteiger partial charge on any atom is 0.381 e. The van der Waals surface area contributed by atoms with E-state index >= 15 is 0 Å². The summed E-state index contributed by atoms with van der Waals surface area (Å²) < 4.78 is 0. The van der Waals surface area contributed by atoms with E-state index < -0.39 is 36.7 Å². The molecule has 3 N–H and O–H groups in total. The Kier molecular flexibility index (Phi) is 19.3. The third-order valence-electron chi connectivity index (χ3n) is 5.71. The Hall–Kier alpha value is -1.44. The van der Waals surface area contributed by atoms with Crippen LogP contribution in [0.3, 0.4) is 0 Å². The Balaban J connectivity index is 4.02. The largest absolute Gasteiger partial charge is 0.394 e. The summed E-state index contributed by atoms with van der Waals surface area (Å²) in [6.07, 6.45) is 14.1. The first-order chi connectivity index (χ1) is 15.3. The van der Waals surface area contributed by atoms with Gasteiger partial charge in [-0.2, -0.15) is 0 Å². The molecular weight excluding hydrogens is 412 g/mol. The highest BCUT2D eigenvalue weighted by Crippen LogP contribution is 2.20. The maximum absolute atomic E-state index is 12.2. The Morgan fingerprint density at radius 2 is 1.22 bits per heavy atom. The molecule has 0 rings (SSSR count). The average molecular weight is 459 g/mol. The first-order valence-corrected chi connectivity index (χ1v) is 12.4. The number of hydrogen-bond acceptors (Lipinski definition) is 7. The summed E-state index contributed by atoms with van der Waals surface area (Å²) in [6.45, 7) is 6.35. The zero-order valence-electron chi connectivity index (χ0n) is 20.2. The summed E-state index contributed by atoms with van der Waals surface area (Å²) in [7, 11) is 0. The summed E-state index contributed by atoms with van der Waals surface area (Å²) >= 11 is 0. The molecule has 0 aliphatic rings. The Morgan fingerprint density at radius 1 is 0.781 bits per heavy atom. The van der Waals surface area contributed by atoms with Crippen LogP contribution in [-0.2, 0) is 19.4 Å². The van der Waals surface area contributed by atoms with Gasteiger partial charge < -0.3 is 15.3 Å². The van der Waals surface area contributed by atoms with Gasteiger partial charge in [-0.25, -0.2) is 19.4 Å². The van der Waals surface area contributed by atoms with Gasteiger partial charge in [-0.05, 0) is 13.3 Å². The van der Waals surface area contributed by atoms with E-state index in [1.54, 1.807) is 0 Å². The highest BCUT2D eigenvalue weighted by atomic mass is 17.2. The predicted octanol–water partition coefficient (Wildman–Crippen LogP) is 4.77. The standard InChI is InChI=1S/C25H46O7/c1-4-5-6-7-8-9-10-11-12-13-14-15-16-17-18-21(23(28)22(27)19-26)25(30)32-31-24(29)20(2)3/h21-23,26-28H,2,4-19H2,1,3H3. The van der Waals surface area contributed by atoms with Crippen LogP contribution in [0.5, 0.6) is 0 Å². The number of unbranched alkanes of at least 4 members (excludes halogenated alkanes) is 13. The lowest BCUT2D eigenvalue weighted by molar-refractivity contribution is -0.262. The van der Waals surface area contributed by atoms with E-state index in [1.165, 1.54) is 71.1 Å². The van der Waals surface area contributed by atoms with E-state index in [0.29, 0.717) is 6.42 Å². The fourth-order valence-electron chi connectivity index (χ4n) is 3.57. The van der Waals surface area contributed by atoms with Crippen LogP contribution in [-0.4, -0.2) is 46.1 Å². The van der Waals surface area contributed by atoms with Gasteiger partial charge in [-0.15, -0.1) is 0 Å². The van der Waals surface area contributed by atoms with Crippen LogP contribution in [0.1, 0.15) is 110 Å². The molecule has 7 nitrogen and oxygen atoms in total. The molecule has 0 aliphatic heterocycles. The summed E-state index contributed by atoms with van der Waals surface area (Å²) in [5.41, 5.74) is 0.0669. The maximum atomic E-state index is 12.2. The second kappa shape index (κ2) is 20.2. The van der Waals surface area contributed by atoms with Crippen molar-refractivity contribution in [1.29, 1.82) is 0 Å². The lowest BCUT2D eigenvalue weighted by Gasteiger charge is -2.23. The van der Waals surface area contributed by atoms with E-state index in [4.69, 9.17) is 5.11 Å². The highest BCUT2D eigenvalue weighted by molar-refractivity contribution is 5.87. The number of aliphatic hydroxyl groups excluding tert-OH is 3. The van der Waals surface area contributed by atoms with Gasteiger partial charge in [-0.3, -0.25) is 0 Å². The third kappa shape index (κ3) is 15.4. The van der Waals surface area contributed by atoms with Gasteiger partial charge in [0.2, 0.25) is 0 Å². The molecule has 0 heterocycles. The van der Waals surface area contributed by atoms with Crippen molar-refractivity contribution >= 4 is 11.9 Å². The Labute approximate surface area is 194 Å². The number of rotatable bonds is 20. The minimum atomic E-state index is -1.50. The van der Waals surface area contributed by atoms with Crippen molar-refractivity contribution in [2.24, 2.45) is 5.92 Å². The van der Waals surface area contributed by atoms with Crippen LogP contribution < -0.4 is 0 Å². The zero-order valence-corrected chi connectivity index (χ0v) is 20.2. The number of carbonyl (C=O) groups is 2. The van der Waals surface area contributed by atoms with E-state index in [2.05, 4.69) is 23.3 Å². The van der Waals surface area contributed by atoms with Crippen molar-refractivity contribution in [2.45, 2.75) is 122 Å². The third-order valence-corrected chi connectivity index (χ3v) is 5.71. The molecule has 0 fully saturated rings. The van der Waals surface area contributed by atoms with Crippen LogP contribution >= 0.6 is 0 Å². The average Bonchev–Trinajstić information content (AvgIpc) is 2.78. The lowest BCUT2D eigenvalue weighted by Crippen LogP contribution is -2.40. The first-order valence-electron chi connectivity index (χ1n) is 12.4. The van der Waals surface area contributed by atoms with Crippen molar-refractivity contribution in [1.82, 2.24) is 0 Å². The fourth-order valence-corrected chi connectivity index (χ4v) is 3.57. The van der Waals surface area contributed by atoms with Gasteiger partial charge in [0.05, 0.1) is 18.6 Å². The molecule has 0 saturated carbocycles. The van der Waals surface area contributed by atoms with E-state index in [1.807, 2.05) is 0 Å². The SMILES string of the molecule is C=C(C)C(=O)OOC(=O)C(CCCCCCCCCCCCCCCC)C(O)C(O)CO. The molecule has 0 radical (unpaired) electrons. The second-order valence-electron chi connectivity index (χ2n) is 8.79. The van der Waals surface area contributed by atoms with Crippen molar-refractivity contribution in [3.63, 3.8) is 0 Å². The number of aliphatic hydroxyl groups is 3. The summed E-state index contributed by atoms with van der Waals surface area (Å²) in [5.74, 6) is -2.92. The molecule has 32 heavy (non-hydrogen) atoms. The van der Waals surface area contributed by atoms with Gasteiger partial charge >= 0.3 is 11.9 Å². The molecule has 3 atom stereocenters. The van der Waals surface area contributed by atoms with E-state index in [9.17, 15) is 19.8 Å². The summed E-state index contributed by atoms with van der Waals surface area (Å²) in [6, 6.07) is 0. The minimum Gasteiger partial charge on any atom is -0.394 e. The van der Waals surface area contributed by atoms with Crippen molar-refractivity contribution in [2.75, 3.05) is 6.61 Å². The van der Waals surface area contributed by atoms with Crippen LogP contribution in [0.2, 0.25) is 0 Å².